The van der Waals surface area contributed by atoms with E-state index in [1.165, 1.54) is 13.8 Å². The summed E-state index contributed by atoms with van der Waals surface area (Å²) in [6.45, 7) is 9.82. The highest BCUT2D eigenvalue weighted by Crippen LogP contribution is 2.22. The van der Waals surface area contributed by atoms with E-state index < -0.39 is 23.0 Å². The van der Waals surface area contributed by atoms with Gasteiger partial charge in [0.2, 0.25) is 0 Å². The van der Waals surface area contributed by atoms with Gasteiger partial charge in [-0.2, -0.15) is 0 Å². The zero-order valence-electron chi connectivity index (χ0n) is 14.0. The topological polar surface area (TPSA) is 123 Å². The second-order valence-electron chi connectivity index (χ2n) is 6.56. The van der Waals surface area contributed by atoms with E-state index in [1.807, 2.05) is 6.92 Å². The molecule has 1 aromatic rings. The van der Waals surface area contributed by atoms with E-state index in [-0.39, 0.29) is 11.4 Å². The van der Waals surface area contributed by atoms with Gasteiger partial charge in [0.05, 0.1) is 5.41 Å². The molecule has 7 nitrogen and oxygen atoms in total. The van der Waals surface area contributed by atoms with E-state index in [1.54, 1.807) is 20.8 Å². The number of rotatable bonds is 4. The molecule has 7 heteroatoms. The molecule has 1 aromatic heterocycles. The van der Waals surface area contributed by atoms with Crippen molar-refractivity contribution in [3.05, 3.63) is 17.2 Å². The number of nitrogens with one attached hydrogen (secondary N) is 1. The summed E-state index contributed by atoms with van der Waals surface area (Å²) in [5, 5.41) is 28.6. The molecule has 0 saturated heterocycles. The highest BCUT2D eigenvalue weighted by Gasteiger charge is 2.27. The Morgan fingerprint density at radius 2 is 1.64 bits per heavy atom. The normalized spacial score (nSPS) is 11.6. The Morgan fingerprint density at radius 1 is 1.18 bits per heavy atom. The van der Waals surface area contributed by atoms with Crippen LogP contribution in [-0.2, 0) is 21.9 Å². The van der Waals surface area contributed by atoms with Gasteiger partial charge in [-0.05, 0) is 41.0 Å². The number of carboxylic acid groups (broad SMARTS) is 1. The third kappa shape index (κ3) is 6.26. The van der Waals surface area contributed by atoms with Crippen LogP contribution in [0.25, 0.3) is 0 Å². The van der Waals surface area contributed by atoms with Crippen molar-refractivity contribution in [1.29, 1.82) is 0 Å². The second kappa shape index (κ2) is 7.40. The van der Waals surface area contributed by atoms with Gasteiger partial charge in [0.1, 0.15) is 17.1 Å². The predicted molar refractivity (Wildman–Crippen MR) is 79.9 cm³/mol. The van der Waals surface area contributed by atoms with Crippen molar-refractivity contribution < 1.29 is 24.9 Å². The minimum Gasteiger partial charge on any atom is -0.477 e. The first-order valence-corrected chi connectivity index (χ1v) is 7.07. The Bertz CT molecular complexity index is 521. The fourth-order valence-corrected chi connectivity index (χ4v) is 1.37. The van der Waals surface area contributed by atoms with E-state index in [4.69, 9.17) is 5.11 Å². The molecule has 0 atom stereocenters. The van der Waals surface area contributed by atoms with Crippen LogP contribution in [-0.4, -0.2) is 32.1 Å². The summed E-state index contributed by atoms with van der Waals surface area (Å²) in [7, 11) is 0. The van der Waals surface area contributed by atoms with Crippen LogP contribution >= 0.6 is 0 Å². The molecule has 0 aliphatic heterocycles. The SMILES string of the molecule is CC(C)(C)C([O])=O.CCCc1nc(C(C)(C)O)c(C(=O)O)[nH]1. The summed E-state index contributed by atoms with van der Waals surface area (Å²) in [5.74, 6) is -1.50. The van der Waals surface area contributed by atoms with Gasteiger partial charge >= 0.3 is 11.9 Å². The van der Waals surface area contributed by atoms with Gasteiger partial charge in [-0.25, -0.2) is 19.7 Å². The minimum atomic E-state index is -1.24. The molecular weight excluding hydrogens is 288 g/mol. The van der Waals surface area contributed by atoms with Gasteiger partial charge in [0, 0.05) is 6.42 Å². The number of carbonyl (C=O) groups excluding carboxylic acids is 1. The highest BCUT2D eigenvalue weighted by molar-refractivity contribution is 5.87. The molecule has 1 radical (unpaired) electrons. The number of hydrogen-bond donors (Lipinski definition) is 3. The van der Waals surface area contributed by atoms with Crippen LogP contribution in [0.2, 0.25) is 0 Å². The first-order chi connectivity index (χ1) is 9.80. The summed E-state index contributed by atoms with van der Waals surface area (Å²) in [6, 6.07) is 0. The van der Waals surface area contributed by atoms with Crippen LogP contribution in [0.15, 0.2) is 0 Å². The summed E-state index contributed by atoms with van der Waals surface area (Å²) >= 11 is 0. The fourth-order valence-electron chi connectivity index (χ4n) is 1.37. The van der Waals surface area contributed by atoms with Gasteiger partial charge < -0.3 is 15.2 Å². The van der Waals surface area contributed by atoms with Crippen molar-refractivity contribution in [2.75, 3.05) is 0 Å². The van der Waals surface area contributed by atoms with Crippen LogP contribution in [0.3, 0.4) is 0 Å². The molecule has 22 heavy (non-hydrogen) atoms. The maximum Gasteiger partial charge on any atom is 0.360 e. The first kappa shape index (κ1) is 20.1. The third-order valence-corrected chi connectivity index (χ3v) is 2.65. The molecule has 0 bridgehead atoms. The first-order valence-electron chi connectivity index (χ1n) is 7.07. The fraction of sp³-hybridized carbons (Fsp3) is 0.667. The molecule has 1 rings (SSSR count). The van der Waals surface area contributed by atoms with Crippen molar-refractivity contribution in [3.8, 4) is 0 Å². The van der Waals surface area contributed by atoms with Crippen molar-refractivity contribution in [3.63, 3.8) is 0 Å². The average molecular weight is 313 g/mol. The number of carbonyl (C=O) groups is 2. The molecule has 0 aliphatic rings. The number of aryl methyl sites for hydroxylation is 1. The largest absolute Gasteiger partial charge is 0.477 e. The maximum absolute atomic E-state index is 10.9. The van der Waals surface area contributed by atoms with Crippen LogP contribution in [0.5, 0.6) is 0 Å². The molecule has 0 saturated carbocycles. The van der Waals surface area contributed by atoms with Gasteiger partial charge in [-0.3, -0.25) is 0 Å². The molecule has 0 aromatic carbocycles. The molecule has 0 spiro atoms. The Labute approximate surface area is 130 Å². The molecule has 3 N–H and O–H groups in total. The molecule has 0 unspecified atom stereocenters. The molecule has 0 fully saturated rings. The van der Waals surface area contributed by atoms with Gasteiger partial charge in [0.15, 0.2) is 5.69 Å². The second-order valence-corrected chi connectivity index (χ2v) is 6.56. The number of aromatic amines is 1. The van der Waals surface area contributed by atoms with E-state index in [9.17, 15) is 19.8 Å². The molecule has 125 valence electrons. The quantitative estimate of drug-likeness (QED) is 0.786. The summed E-state index contributed by atoms with van der Waals surface area (Å²) < 4.78 is 0. The van der Waals surface area contributed by atoms with Gasteiger partial charge in [-0.15, -0.1) is 0 Å². The number of carboxylic acids is 1. The Balaban J connectivity index is 0.000000534. The number of aliphatic hydroxyl groups is 1. The van der Waals surface area contributed by atoms with Gasteiger partial charge in [-0.1, -0.05) is 6.92 Å². The number of nitrogens with zero attached hydrogens (tertiary/aromatic N) is 1. The van der Waals surface area contributed by atoms with Crippen molar-refractivity contribution in [1.82, 2.24) is 9.97 Å². The number of aromatic nitrogens is 2. The van der Waals surface area contributed by atoms with Crippen molar-refractivity contribution >= 4 is 11.9 Å². The lowest BCUT2D eigenvalue weighted by molar-refractivity contribution is -0.152. The highest BCUT2D eigenvalue weighted by atomic mass is 16.4. The summed E-state index contributed by atoms with van der Waals surface area (Å²) in [6.07, 6.45) is 1.55. The standard InChI is InChI=1S/C10H16N2O3.C5H9O2/c1-4-5-6-11-7(9(13)14)8(12-6)10(2,3)15;1-5(2,3)4(6)7/h15H,4-5H2,1-3H3,(H,11,12)(H,13,14);1-3H3. The van der Waals surface area contributed by atoms with E-state index in [2.05, 4.69) is 9.97 Å². The van der Waals surface area contributed by atoms with Crippen molar-refractivity contribution in [2.45, 2.75) is 60.0 Å². The lowest BCUT2D eigenvalue weighted by Crippen LogP contribution is -2.20. The lowest BCUT2D eigenvalue weighted by Gasteiger charge is -2.14. The lowest BCUT2D eigenvalue weighted by atomic mass is 9.98. The van der Waals surface area contributed by atoms with Crippen LogP contribution in [0, 0.1) is 5.41 Å². The molecule has 1 heterocycles. The summed E-state index contributed by atoms with van der Waals surface area (Å²) in [5.41, 5.74) is -1.76. The predicted octanol–water partition coefficient (Wildman–Crippen LogP) is 2.28. The minimum absolute atomic E-state index is 0.0223. The Morgan fingerprint density at radius 3 is 1.86 bits per heavy atom. The van der Waals surface area contributed by atoms with E-state index in [0.29, 0.717) is 12.2 Å². The summed E-state index contributed by atoms with van der Waals surface area (Å²) in [4.78, 5) is 27.6. The molecule has 0 amide bonds. The number of hydrogen-bond acceptors (Lipinski definition) is 4. The number of H-pyrrole nitrogens is 1. The Hall–Kier alpha value is -1.89. The number of aromatic carboxylic acids is 1. The zero-order chi connectivity index (χ0) is 17.7. The van der Waals surface area contributed by atoms with Gasteiger partial charge in [0.25, 0.3) is 0 Å². The smallest absolute Gasteiger partial charge is 0.360 e. The van der Waals surface area contributed by atoms with Crippen LogP contribution < -0.4 is 0 Å². The third-order valence-electron chi connectivity index (χ3n) is 2.65. The maximum atomic E-state index is 10.9. The van der Waals surface area contributed by atoms with E-state index in [0.717, 1.165) is 6.42 Å². The Kier molecular flexibility index (Phi) is 6.76. The average Bonchev–Trinajstić information content (AvgIpc) is 2.73. The number of imidazole rings is 1. The van der Waals surface area contributed by atoms with Crippen molar-refractivity contribution in [2.24, 2.45) is 5.41 Å². The molecular formula is C15H25N2O5. The van der Waals surface area contributed by atoms with E-state index >= 15 is 0 Å². The molecule has 0 aliphatic carbocycles. The monoisotopic (exact) mass is 313 g/mol. The zero-order valence-corrected chi connectivity index (χ0v) is 14.0. The van der Waals surface area contributed by atoms with Crippen LogP contribution in [0.1, 0.15) is 70.0 Å². The van der Waals surface area contributed by atoms with Crippen LogP contribution in [0.4, 0.5) is 0 Å².